The molecule has 0 radical (unpaired) electrons. The number of carbonyl (C=O) groups is 1. The second-order valence-corrected chi connectivity index (χ2v) is 7.23. The summed E-state index contributed by atoms with van der Waals surface area (Å²) in [6.45, 7) is 1.58. The van der Waals surface area contributed by atoms with Gasteiger partial charge in [-0.15, -0.1) is 0 Å². The molecule has 1 amide bonds. The highest BCUT2D eigenvalue weighted by Gasteiger charge is 2.28. The highest BCUT2D eigenvalue weighted by atomic mass is 16.3. The molecule has 0 spiro atoms. The van der Waals surface area contributed by atoms with Gasteiger partial charge in [-0.1, -0.05) is 30.3 Å². The zero-order chi connectivity index (χ0) is 18.6. The Morgan fingerprint density at radius 1 is 1.19 bits per heavy atom. The average Bonchev–Trinajstić information content (AvgIpc) is 3.38. The first-order valence-electron chi connectivity index (χ1n) is 9.55. The maximum atomic E-state index is 13.0. The number of hydrogen-bond acceptors (Lipinski definition) is 3. The van der Waals surface area contributed by atoms with Crippen LogP contribution in [0.3, 0.4) is 0 Å². The summed E-state index contributed by atoms with van der Waals surface area (Å²) in [6.07, 6.45) is 7.88. The van der Waals surface area contributed by atoms with E-state index in [-0.39, 0.29) is 11.8 Å². The molecule has 0 unspecified atom stereocenters. The molecular formula is C22H25N3O2. The third kappa shape index (κ3) is 3.82. The average molecular weight is 363 g/mol. The van der Waals surface area contributed by atoms with Gasteiger partial charge in [0.1, 0.15) is 11.6 Å². The summed E-state index contributed by atoms with van der Waals surface area (Å²) >= 11 is 0. The van der Waals surface area contributed by atoms with Crippen molar-refractivity contribution in [2.75, 3.05) is 13.1 Å². The number of carbonyl (C=O) groups excluding carboxylic acids is 1. The standard InChI is InChI=1S/C22H25N3O2/c1-24-14-11-23-22(24)18-9-12-25(13-10-18)21(26)16-19(20-8-5-15-27-20)17-6-3-2-4-7-17/h2-8,11,14-15,18-19H,9-10,12-13,16H2,1H3/t19-/m0/s1. The SMILES string of the molecule is Cn1ccnc1C1CCN(C(=O)C[C@@H](c2ccccc2)c2ccco2)CC1. The van der Waals surface area contributed by atoms with Gasteiger partial charge >= 0.3 is 0 Å². The molecule has 5 heteroatoms. The Morgan fingerprint density at radius 3 is 2.59 bits per heavy atom. The normalized spacial score (nSPS) is 16.4. The Bertz CT molecular complexity index is 862. The lowest BCUT2D eigenvalue weighted by Gasteiger charge is -2.32. The van der Waals surface area contributed by atoms with Crippen molar-refractivity contribution in [3.8, 4) is 0 Å². The maximum Gasteiger partial charge on any atom is 0.223 e. The third-order valence-corrected chi connectivity index (χ3v) is 5.54. The van der Waals surface area contributed by atoms with Crippen LogP contribution >= 0.6 is 0 Å². The van der Waals surface area contributed by atoms with E-state index in [1.807, 2.05) is 54.7 Å². The third-order valence-electron chi connectivity index (χ3n) is 5.54. The summed E-state index contributed by atoms with van der Waals surface area (Å²) in [4.78, 5) is 19.5. The zero-order valence-corrected chi connectivity index (χ0v) is 15.6. The van der Waals surface area contributed by atoms with Crippen molar-refractivity contribution in [2.24, 2.45) is 7.05 Å². The van der Waals surface area contributed by atoms with E-state index in [2.05, 4.69) is 21.7 Å². The smallest absolute Gasteiger partial charge is 0.223 e. The van der Waals surface area contributed by atoms with Crippen molar-refractivity contribution in [3.63, 3.8) is 0 Å². The van der Waals surface area contributed by atoms with E-state index in [1.165, 1.54) is 0 Å². The first-order chi connectivity index (χ1) is 13.2. The molecule has 0 aliphatic carbocycles. The van der Waals surface area contributed by atoms with Gasteiger partial charge in [0.05, 0.1) is 12.2 Å². The minimum Gasteiger partial charge on any atom is -0.469 e. The largest absolute Gasteiger partial charge is 0.469 e. The summed E-state index contributed by atoms with van der Waals surface area (Å²) in [7, 11) is 2.04. The van der Waals surface area contributed by atoms with Gasteiger partial charge in [0.15, 0.2) is 0 Å². The lowest BCUT2D eigenvalue weighted by atomic mass is 9.91. The van der Waals surface area contributed by atoms with E-state index < -0.39 is 0 Å². The molecule has 1 aromatic carbocycles. The van der Waals surface area contributed by atoms with Gasteiger partial charge in [-0.2, -0.15) is 0 Å². The van der Waals surface area contributed by atoms with Crippen molar-refractivity contribution in [3.05, 3.63) is 78.3 Å². The number of hydrogen-bond donors (Lipinski definition) is 0. The Balaban J connectivity index is 1.43. The molecule has 0 bridgehead atoms. The second kappa shape index (κ2) is 7.82. The van der Waals surface area contributed by atoms with Gasteiger partial charge in [0.25, 0.3) is 0 Å². The minimum absolute atomic E-state index is 0.0408. The van der Waals surface area contributed by atoms with Gasteiger partial charge in [0.2, 0.25) is 5.91 Å². The molecular weight excluding hydrogens is 338 g/mol. The molecule has 3 aromatic rings. The fourth-order valence-corrected chi connectivity index (χ4v) is 4.02. The topological polar surface area (TPSA) is 51.3 Å². The summed E-state index contributed by atoms with van der Waals surface area (Å²) < 4.78 is 7.72. The monoisotopic (exact) mass is 363 g/mol. The number of piperidine rings is 1. The Labute approximate surface area is 159 Å². The summed E-state index contributed by atoms with van der Waals surface area (Å²) in [5.74, 6) is 2.56. The zero-order valence-electron chi connectivity index (χ0n) is 15.6. The molecule has 1 aliphatic heterocycles. The van der Waals surface area contributed by atoms with E-state index in [0.29, 0.717) is 12.3 Å². The van der Waals surface area contributed by atoms with Crippen LogP contribution < -0.4 is 0 Å². The predicted octanol–water partition coefficient (Wildman–Crippen LogP) is 3.94. The van der Waals surface area contributed by atoms with E-state index in [9.17, 15) is 4.79 Å². The number of furan rings is 1. The quantitative estimate of drug-likeness (QED) is 0.690. The molecule has 4 rings (SSSR count). The molecule has 3 heterocycles. The van der Waals surface area contributed by atoms with Crippen LogP contribution in [0.1, 0.15) is 48.2 Å². The molecule has 1 fully saturated rings. The maximum absolute atomic E-state index is 13.0. The van der Waals surface area contributed by atoms with E-state index in [0.717, 1.165) is 43.1 Å². The molecule has 1 atom stereocenters. The number of rotatable bonds is 5. The number of benzene rings is 1. The van der Waals surface area contributed by atoms with E-state index >= 15 is 0 Å². The highest BCUT2D eigenvalue weighted by Crippen LogP contribution is 2.31. The van der Waals surface area contributed by atoms with Crippen molar-refractivity contribution in [1.82, 2.24) is 14.5 Å². The van der Waals surface area contributed by atoms with Crippen molar-refractivity contribution < 1.29 is 9.21 Å². The van der Waals surface area contributed by atoms with Gasteiger partial charge in [0, 0.05) is 44.9 Å². The summed E-state index contributed by atoms with van der Waals surface area (Å²) in [5.41, 5.74) is 1.11. The van der Waals surface area contributed by atoms with Gasteiger partial charge in [-0.05, 0) is 30.5 Å². The van der Waals surface area contributed by atoms with Crippen molar-refractivity contribution in [2.45, 2.75) is 31.1 Å². The van der Waals surface area contributed by atoms with Crippen LogP contribution in [0, 0.1) is 0 Å². The van der Waals surface area contributed by atoms with Gasteiger partial charge in [-0.3, -0.25) is 4.79 Å². The predicted molar refractivity (Wildman–Crippen MR) is 103 cm³/mol. The number of likely N-dealkylation sites (tertiary alicyclic amines) is 1. The minimum atomic E-state index is -0.0408. The molecule has 27 heavy (non-hydrogen) atoms. The molecule has 0 N–H and O–H groups in total. The summed E-state index contributed by atoms with van der Waals surface area (Å²) in [5, 5.41) is 0. The molecule has 0 saturated carbocycles. The van der Waals surface area contributed by atoms with Crippen LogP contribution in [0.25, 0.3) is 0 Å². The molecule has 1 saturated heterocycles. The van der Waals surface area contributed by atoms with Crippen LogP contribution in [-0.2, 0) is 11.8 Å². The van der Waals surface area contributed by atoms with Gasteiger partial charge < -0.3 is 13.9 Å². The van der Waals surface area contributed by atoms with Crippen LogP contribution in [-0.4, -0.2) is 33.4 Å². The fraction of sp³-hybridized carbons (Fsp3) is 0.364. The molecule has 5 nitrogen and oxygen atoms in total. The van der Waals surface area contributed by atoms with Crippen LogP contribution in [0.2, 0.25) is 0 Å². The lowest BCUT2D eigenvalue weighted by molar-refractivity contribution is -0.132. The first kappa shape index (κ1) is 17.6. The first-order valence-corrected chi connectivity index (χ1v) is 9.55. The van der Waals surface area contributed by atoms with E-state index in [1.54, 1.807) is 6.26 Å². The van der Waals surface area contributed by atoms with Crippen LogP contribution in [0.15, 0.2) is 65.5 Å². The number of nitrogens with zero attached hydrogens (tertiary/aromatic N) is 3. The van der Waals surface area contributed by atoms with Crippen molar-refractivity contribution >= 4 is 5.91 Å². The molecule has 1 aliphatic rings. The number of amides is 1. The van der Waals surface area contributed by atoms with Crippen molar-refractivity contribution in [1.29, 1.82) is 0 Å². The van der Waals surface area contributed by atoms with Crippen LogP contribution in [0.4, 0.5) is 0 Å². The van der Waals surface area contributed by atoms with E-state index in [4.69, 9.17) is 4.42 Å². The lowest BCUT2D eigenvalue weighted by Crippen LogP contribution is -2.39. The highest BCUT2D eigenvalue weighted by molar-refractivity contribution is 5.77. The number of aromatic nitrogens is 2. The number of imidazole rings is 1. The van der Waals surface area contributed by atoms with Gasteiger partial charge in [-0.25, -0.2) is 4.98 Å². The summed E-state index contributed by atoms with van der Waals surface area (Å²) in [6, 6.07) is 14.0. The molecule has 140 valence electrons. The van der Waals surface area contributed by atoms with Crippen LogP contribution in [0.5, 0.6) is 0 Å². The molecule has 2 aromatic heterocycles. The Hall–Kier alpha value is -2.82. The Morgan fingerprint density at radius 2 is 1.96 bits per heavy atom. The number of aryl methyl sites for hydroxylation is 1. The second-order valence-electron chi connectivity index (χ2n) is 7.23. The fourth-order valence-electron chi connectivity index (χ4n) is 4.02. The Kier molecular flexibility index (Phi) is 5.10.